The van der Waals surface area contributed by atoms with E-state index in [1.54, 1.807) is 33.2 Å². The standard InChI is InChI=1S/C27H26ClFN4O5/c1-4-37-25(35)15-38-19-8-10-23(21(13-19)24(34)12-18-7-6-17(28)14-31-18)32-27(36)20-9-5-16(11-22(20)29)26(30)33(2)3/h5-11,13-14,30H,4,12,15H2,1-3H3,(H,32,36). The SMILES string of the molecule is CCOC(=O)COc1ccc(NC(=O)c2ccc(C(=N)N(C)C)cc2F)c(C(=O)Cc2ccc(Cl)cn2)c1. The number of halogens is 2. The number of nitrogens with one attached hydrogen (secondary N) is 2. The fourth-order valence-electron chi connectivity index (χ4n) is 3.36. The van der Waals surface area contributed by atoms with E-state index in [0.29, 0.717) is 16.3 Å². The van der Waals surface area contributed by atoms with E-state index in [-0.39, 0.29) is 48.0 Å². The van der Waals surface area contributed by atoms with Crippen LogP contribution in [0.2, 0.25) is 5.02 Å². The highest BCUT2D eigenvalue weighted by atomic mass is 35.5. The molecule has 0 aliphatic heterocycles. The van der Waals surface area contributed by atoms with Gasteiger partial charge in [-0.1, -0.05) is 17.7 Å². The van der Waals surface area contributed by atoms with Crippen molar-refractivity contribution >= 4 is 40.8 Å². The summed E-state index contributed by atoms with van der Waals surface area (Å²) in [6.45, 7) is 1.49. The Balaban J connectivity index is 1.88. The molecule has 198 valence electrons. The molecular formula is C27H26ClFN4O5. The minimum absolute atomic E-state index is 0.0721. The number of ether oxygens (including phenoxy) is 2. The summed E-state index contributed by atoms with van der Waals surface area (Å²) in [5, 5.41) is 11.0. The van der Waals surface area contributed by atoms with E-state index in [2.05, 4.69) is 10.3 Å². The Labute approximate surface area is 224 Å². The lowest BCUT2D eigenvalue weighted by molar-refractivity contribution is -0.145. The maximum atomic E-state index is 14.8. The molecule has 0 bridgehead atoms. The Hall–Kier alpha value is -4.31. The molecule has 38 heavy (non-hydrogen) atoms. The number of nitrogens with zero attached hydrogens (tertiary/aromatic N) is 2. The molecule has 0 aliphatic rings. The van der Waals surface area contributed by atoms with Crippen LogP contribution in [0.1, 0.15) is 38.9 Å². The molecule has 0 unspecified atom stereocenters. The molecule has 0 radical (unpaired) electrons. The molecule has 9 nitrogen and oxygen atoms in total. The smallest absolute Gasteiger partial charge is 0.344 e. The zero-order valence-corrected chi connectivity index (χ0v) is 21.8. The van der Waals surface area contributed by atoms with Gasteiger partial charge < -0.3 is 19.7 Å². The van der Waals surface area contributed by atoms with Crippen LogP contribution < -0.4 is 10.1 Å². The van der Waals surface area contributed by atoms with Crippen molar-refractivity contribution in [1.29, 1.82) is 5.41 Å². The van der Waals surface area contributed by atoms with Crippen molar-refractivity contribution in [3.05, 3.63) is 88.0 Å². The molecule has 0 saturated heterocycles. The molecule has 0 saturated carbocycles. The number of carbonyl (C=O) groups is 3. The lowest BCUT2D eigenvalue weighted by Crippen LogP contribution is -2.22. The fourth-order valence-corrected chi connectivity index (χ4v) is 3.47. The third kappa shape index (κ3) is 7.36. The first kappa shape index (κ1) is 28.3. The van der Waals surface area contributed by atoms with Crippen LogP contribution in [0.4, 0.5) is 10.1 Å². The van der Waals surface area contributed by atoms with Gasteiger partial charge in [-0.2, -0.15) is 0 Å². The van der Waals surface area contributed by atoms with Crippen LogP contribution in [0, 0.1) is 11.2 Å². The van der Waals surface area contributed by atoms with Gasteiger partial charge >= 0.3 is 5.97 Å². The number of esters is 1. The third-order valence-corrected chi connectivity index (χ3v) is 5.49. The number of pyridine rings is 1. The van der Waals surface area contributed by atoms with Gasteiger partial charge in [0.2, 0.25) is 0 Å². The summed E-state index contributed by atoms with van der Waals surface area (Å²) < 4.78 is 25.1. The maximum absolute atomic E-state index is 14.8. The number of hydrogen-bond donors (Lipinski definition) is 2. The van der Waals surface area contributed by atoms with Crippen molar-refractivity contribution < 1.29 is 28.2 Å². The van der Waals surface area contributed by atoms with E-state index in [9.17, 15) is 18.8 Å². The number of carbonyl (C=O) groups excluding carboxylic acids is 3. The number of amidine groups is 1. The normalized spacial score (nSPS) is 10.4. The number of rotatable bonds is 10. The number of Topliss-reactive ketones (excluding diaryl/α,β-unsaturated/α-hetero) is 1. The molecule has 0 atom stereocenters. The van der Waals surface area contributed by atoms with Crippen molar-refractivity contribution in [2.24, 2.45) is 0 Å². The van der Waals surface area contributed by atoms with E-state index in [0.717, 1.165) is 6.07 Å². The van der Waals surface area contributed by atoms with Crippen LogP contribution in [0.25, 0.3) is 0 Å². The molecule has 3 aromatic rings. The van der Waals surface area contributed by atoms with E-state index in [1.165, 1.54) is 41.4 Å². The topological polar surface area (TPSA) is 122 Å². The monoisotopic (exact) mass is 540 g/mol. The largest absolute Gasteiger partial charge is 0.482 e. The quantitative estimate of drug-likeness (QED) is 0.169. The average Bonchev–Trinajstić information content (AvgIpc) is 2.88. The van der Waals surface area contributed by atoms with Gasteiger partial charge in [-0.15, -0.1) is 0 Å². The van der Waals surface area contributed by atoms with E-state index in [1.807, 2.05) is 0 Å². The first-order valence-electron chi connectivity index (χ1n) is 11.5. The second-order valence-corrected chi connectivity index (χ2v) is 8.70. The molecule has 11 heteroatoms. The molecule has 3 rings (SSSR count). The summed E-state index contributed by atoms with van der Waals surface area (Å²) in [6.07, 6.45) is 1.30. The minimum atomic E-state index is -0.820. The summed E-state index contributed by atoms with van der Waals surface area (Å²) in [6, 6.07) is 11.3. The number of ketones is 1. The Kier molecular flexibility index (Phi) is 9.50. The van der Waals surface area contributed by atoms with Gasteiger partial charge in [0, 0.05) is 37.1 Å². The van der Waals surface area contributed by atoms with Crippen molar-refractivity contribution in [1.82, 2.24) is 9.88 Å². The van der Waals surface area contributed by atoms with Crippen molar-refractivity contribution in [3.63, 3.8) is 0 Å². The minimum Gasteiger partial charge on any atom is -0.482 e. The molecule has 1 amide bonds. The van der Waals surface area contributed by atoms with E-state index >= 15 is 0 Å². The Morgan fingerprint density at radius 2 is 1.84 bits per heavy atom. The highest BCUT2D eigenvalue weighted by Gasteiger charge is 2.20. The molecule has 0 aliphatic carbocycles. The fraction of sp³-hybridized carbons (Fsp3) is 0.222. The number of anilines is 1. The summed E-state index contributed by atoms with van der Waals surface area (Å²) in [5.41, 5.74) is 0.670. The second kappa shape index (κ2) is 12.8. The van der Waals surface area contributed by atoms with Gasteiger partial charge in [-0.3, -0.25) is 20.0 Å². The summed E-state index contributed by atoms with van der Waals surface area (Å²) >= 11 is 5.87. The first-order valence-corrected chi connectivity index (χ1v) is 11.9. The van der Waals surface area contributed by atoms with Crippen molar-refractivity contribution in [2.45, 2.75) is 13.3 Å². The molecule has 2 N–H and O–H groups in total. The molecule has 1 heterocycles. The van der Waals surface area contributed by atoms with Crippen LogP contribution in [-0.4, -0.2) is 60.7 Å². The molecule has 1 aromatic heterocycles. The first-order chi connectivity index (χ1) is 18.1. The lowest BCUT2D eigenvalue weighted by atomic mass is 10.0. The zero-order chi connectivity index (χ0) is 27.8. The summed E-state index contributed by atoms with van der Waals surface area (Å²) in [5.74, 6) is -2.32. The van der Waals surface area contributed by atoms with Crippen molar-refractivity contribution in [2.75, 3.05) is 32.6 Å². The van der Waals surface area contributed by atoms with Crippen molar-refractivity contribution in [3.8, 4) is 5.75 Å². The van der Waals surface area contributed by atoms with E-state index in [4.69, 9.17) is 26.5 Å². The zero-order valence-electron chi connectivity index (χ0n) is 21.0. The van der Waals surface area contributed by atoms with Gasteiger partial charge in [-0.25, -0.2) is 9.18 Å². The van der Waals surface area contributed by atoms with Gasteiger partial charge in [0.25, 0.3) is 5.91 Å². The van der Waals surface area contributed by atoms with Gasteiger partial charge in [0.15, 0.2) is 12.4 Å². The molecular weight excluding hydrogens is 515 g/mol. The number of aromatic nitrogens is 1. The van der Waals surface area contributed by atoms with Gasteiger partial charge in [-0.05, 0) is 49.4 Å². The second-order valence-electron chi connectivity index (χ2n) is 8.26. The molecule has 0 spiro atoms. The molecule has 0 fully saturated rings. The Bertz CT molecular complexity index is 1360. The Morgan fingerprint density at radius 1 is 1.08 bits per heavy atom. The molecule has 2 aromatic carbocycles. The lowest BCUT2D eigenvalue weighted by Gasteiger charge is -2.15. The highest BCUT2D eigenvalue weighted by molar-refractivity contribution is 6.30. The van der Waals surface area contributed by atoms with Crippen LogP contribution >= 0.6 is 11.6 Å². The van der Waals surface area contributed by atoms with Crippen LogP contribution in [0.15, 0.2) is 54.7 Å². The Morgan fingerprint density at radius 3 is 2.47 bits per heavy atom. The maximum Gasteiger partial charge on any atom is 0.344 e. The van der Waals surface area contributed by atoms with Crippen LogP contribution in [0.5, 0.6) is 5.75 Å². The third-order valence-electron chi connectivity index (χ3n) is 5.27. The number of benzene rings is 2. The average molecular weight is 541 g/mol. The van der Waals surface area contributed by atoms with Gasteiger partial charge in [0.05, 0.1) is 29.3 Å². The summed E-state index contributed by atoms with van der Waals surface area (Å²) in [4.78, 5) is 43.5. The van der Waals surface area contributed by atoms with E-state index < -0.39 is 23.5 Å². The predicted octanol–water partition coefficient (Wildman–Crippen LogP) is 4.38. The van der Waals surface area contributed by atoms with Gasteiger partial charge in [0.1, 0.15) is 17.4 Å². The summed E-state index contributed by atoms with van der Waals surface area (Å²) in [7, 11) is 3.30. The highest BCUT2D eigenvalue weighted by Crippen LogP contribution is 2.25. The predicted molar refractivity (Wildman–Crippen MR) is 141 cm³/mol. The number of amides is 1. The van der Waals surface area contributed by atoms with Crippen LogP contribution in [-0.2, 0) is 16.0 Å². The number of hydrogen-bond acceptors (Lipinski definition) is 7. The van der Waals surface area contributed by atoms with Crippen LogP contribution in [0.3, 0.4) is 0 Å².